The van der Waals surface area contributed by atoms with Crippen LogP contribution in [-0.4, -0.2) is 103 Å². The van der Waals surface area contributed by atoms with E-state index in [1.165, 1.54) is 0 Å². The minimum absolute atomic E-state index is 0.0871. The first kappa shape index (κ1) is 17.9. The van der Waals surface area contributed by atoms with E-state index in [0.29, 0.717) is 12.6 Å². The SMILES string of the molecule is C[C@@H]1CN(C[C@H](O)CN2CCC(N3CCNC3=O)CC2)C[C@H](C)O1. The second-order valence-electron chi connectivity index (χ2n) is 7.59. The van der Waals surface area contributed by atoms with Crippen LogP contribution in [0.1, 0.15) is 26.7 Å². The molecule has 2 N–H and O–H groups in total. The molecule has 0 bridgehead atoms. The summed E-state index contributed by atoms with van der Waals surface area (Å²) in [6.45, 7) is 10.9. The van der Waals surface area contributed by atoms with Gasteiger partial charge in [0.1, 0.15) is 0 Å². The predicted molar refractivity (Wildman–Crippen MR) is 92.0 cm³/mol. The molecule has 0 aromatic carbocycles. The third-order valence-electron chi connectivity index (χ3n) is 5.32. The number of nitrogens with one attached hydrogen (secondary N) is 1. The molecule has 7 heteroatoms. The van der Waals surface area contributed by atoms with Crippen LogP contribution in [0.25, 0.3) is 0 Å². The van der Waals surface area contributed by atoms with E-state index < -0.39 is 0 Å². The summed E-state index contributed by atoms with van der Waals surface area (Å²) in [6.07, 6.45) is 2.16. The van der Waals surface area contributed by atoms with Crippen LogP contribution >= 0.6 is 0 Å². The molecule has 0 saturated carbocycles. The number of carbonyl (C=O) groups excluding carboxylic acids is 1. The Hall–Kier alpha value is -0.890. The number of likely N-dealkylation sites (tertiary alicyclic amines) is 1. The number of amides is 2. The number of aliphatic hydroxyl groups is 1. The molecule has 3 aliphatic heterocycles. The monoisotopic (exact) mass is 340 g/mol. The number of rotatable bonds is 5. The van der Waals surface area contributed by atoms with Gasteiger partial charge >= 0.3 is 6.03 Å². The van der Waals surface area contributed by atoms with Gasteiger partial charge in [-0.2, -0.15) is 0 Å². The molecule has 3 aliphatic rings. The van der Waals surface area contributed by atoms with Gasteiger partial charge < -0.3 is 25.0 Å². The van der Waals surface area contributed by atoms with Gasteiger partial charge in [0.15, 0.2) is 0 Å². The summed E-state index contributed by atoms with van der Waals surface area (Å²) in [7, 11) is 0. The number of morpholine rings is 1. The number of hydrogen-bond acceptors (Lipinski definition) is 5. The molecule has 0 aromatic rings. The van der Waals surface area contributed by atoms with Crippen molar-refractivity contribution in [3.05, 3.63) is 0 Å². The summed E-state index contributed by atoms with van der Waals surface area (Å²) >= 11 is 0. The van der Waals surface area contributed by atoms with Gasteiger partial charge in [-0.15, -0.1) is 0 Å². The van der Waals surface area contributed by atoms with Crippen molar-refractivity contribution in [3.8, 4) is 0 Å². The molecule has 3 saturated heterocycles. The summed E-state index contributed by atoms with van der Waals surface area (Å²) in [5, 5.41) is 13.3. The maximum absolute atomic E-state index is 11.8. The first-order valence-electron chi connectivity index (χ1n) is 9.34. The minimum atomic E-state index is -0.325. The molecule has 0 aromatic heterocycles. The molecular formula is C17H32N4O3. The molecule has 138 valence electrons. The first-order valence-corrected chi connectivity index (χ1v) is 9.34. The highest BCUT2D eigenvalue weighted by atomic mass is 16.5. The van der Waals surface area contributed by atoms with Gasteiger partial charge in [0.25, 0.3) is 0 Å². The maximum Gasteiger partial charge on any atom is 0.317 e. The van der Waals surface area contributed by atoms with E-state index >= 15 is 0 Å². The molecule has 2 amide bonds. The fraction of sp³-hybridized carbons (Fsp3) is 0.941. The number of urea groups is 1. The van der Waals surface area contributed by atoms with Crippen LogP contribution in [0.4, 0.5) is 4.79 Å². The number of piperidine rings is 1. The molecule has 7 nitrogen and oxygen atoms in total. The Morgan fingerprint density at radius 3 is 2.33 bits per heavy atom. The number of carbonyl (C=O) groups is 1. The van der Waals surface area contributed by atoms with Gasteiger partial charge in [-0.05, 0) is 26.7 Å². The zero-order valence-corrected chi connectivity index (χ0v) is 15.0. The molecule has 3 heterocycles. The third-order valence-corrected chi connectivity index (χ3v) is 5.32. The average molecular weight is 340 g/mol. The number of β-amino-alcohol motifs (C(OH)–C–C–N with tert-alkyl or cyclic N) is 1. The highest BCUT2D eigenvalue weighted by Gasteiger charge is 2.31. The highest BCUT2D eigenvalue weighted by molar-refractivity contribution is 5.76. The predicted octanol–water partition coefficient (Wildman–Crippen LogP) is -0.0539. The third kappa shape index (κ3) is 4.59. The van der Waals surface area contributed by atoms with Crippen molar-refractivity contribution in [2.75, 3.05) is 52.4 Å². The molecular weight excluding hydrogens is 308 g/mol. The second-order valence-corrected chi connectivity index (χ2v) is 7.59. The molecule has 24 heavy (non-hydrogen) atoms. The van der Waals surface area contributed by atoms with Crippen molar-refractivity contribution in [2.45, 2.75) is 51.0 Å². The van der Waals surface area contributed by atoms with Crippen molar-refractivity contribution in [1.82, 2.24) is 20.0 Å². The lowest BCUT2D eigenvalue weighted by molar-refractivity contribution is -0.0784. The normalized spacial score (nSPS) is 32.1. The van der Waals surface area contributed by atoms with Gasteiger partial charge in [0.05, 0.1) is 18.3 Å². The minimum Gasteiger partial charge on any atom is -0.390 e. The highest BCUT2D eigenvalue weighted by Crippen LogP contribution is 2.19. The summed E-state index contributed by atoms with van der Waals surface area (Å²) < 4.78 is 5.75. The van der Waals surface area contributed by atoms with E-state index in [1.807, 2.05) is 4.90 Å². The van der Waals surface area contributed by atoms with Gasteiger partial charge in [-0.1, -0.05) is 0 Å². The molecule has 3 fully saturated rings. The van der Waals surface area contributed by atoms with Gasteiger partial charge in [-0.25, -0.2) is 4.79 Å². The van der Waals surface area contributed by atoms with Crippen molar-refractivity contribution in [1.29, 1.82) is 0 Å². The molecule has 0 unspecified atom stereocenters. The number of ether oxygens (including phenoxy) is 1. The van der Waals surface area contributed by atoms with Crippen LogP contribution in [0, 0.1) is 0 Å². The number of nitrogens with zero attached hydrogens (tertiary/aromatic N) is 3. The number of aliphatic hydroxyl groups excluding tert-OH is 1. The topological polar surface area (TPSA) is 68.3 Å². The smallest absolute Gasteiger partial charge is 0.317 e. The summed E-state index contributed by atoms with van der Waals surface area (Å²) in [4.78, 5) is 18.4. The largest absolute Gasteiger partial charge is 0.390 e. The van der Waals surface area contributed by atoms with Crippen molar-refractivity contribution in [2.24, 2.45) is 0 Å². The lowest BCUT2D eigenvalue weighted by Gasteiger charge is -2.39. The second kappa shape index (κ2) is 7.99. The van der Waals surface area contributed by atoms with Crippen LogP contribution < -0.4 is 5.32 Å². The first-order chi connectivity index (χ1) is 11.5. The van der Waals surface area contributed by atoms with Crippen LogP contribution in [0.5, 0.6) is 0 Å². The molecule has 0 radical (unpaired) electrons. The summed E-state index contributed by atoms with van der Waals surface area (Å²) in [5.74, 6) is 0. The van der Waals surface area contributed by atoms with E-state index in [1.54, 1.807) is 0 Å². The van der Waals surface area contributed by atoms with Crippen molar-refractivity contribution >= 4 is 6.03 Å². The Bertz CT molecular complexity index is 418. The summed E-state index contributed by atoms with van der Waals surface area (Å²) in [6, 6.07) is 0.450. The van der Waals surface area contributed by atoms with Crippen molar-refractivity contribution in [3.63, 3.8) is 0 Å². The van der Waals surface area contributed by atoms with Crippen molar-refractivity contribution < 1.29 is 14.6 Å². The lowest BCUT2D eigenvalue weighted by atomic mass is 10.0. The fourth-order valence-electron chi connectivity index (χ4n) is 4.34. The van der Waals surface area contributed by atoms with E-state index in [0.717, 1.165) is 58.7 Å². The number of hydrogen-bond donors (Lipinski definition) is 2. The van der Waals surface area contributed by atoms with E-state index in [9.17, 15) is 9.90 Å². The Morgan fingerprint density at radius 1 is 1.12 bits per heavy atom. The van der Waals surface area contributed by atoms with Crippen LogP contribution in [-0.2, 0) is 4.74 Å². The maximum atomic E-state index is 11.8. The lowest BCUT2D eigenvalue weighted by Crippen LogP contribution is -2.51. The van der Waals surface area contributed by atoms with E-state index in [2.05, 4.69) is 29.0 Å². The standard InChI is InChI=1S/C17H32N4O3/c1-13-9-20(10-14(2)24-13)12-16(22)11-19-6-3-15(4-7-19)21-8-5-18-17(21)23/h13-16,22H,3-12H2,1-2H3,(H,18,23)/t13-,14+,16-/m1/s1. The summed E-state index contributed by atoms with van der Waals surface area (Å²) in [5.41, 5.74) is 0. The van der Waals surface area contributed by atoms with Gasteiger partial charge in [-0.3, -0.25) is 4.90 Å². The van der Waals surface area contributed by atoms with Gasteiger partial charge in [0, 0.05) is 58.4 Å². The zero-order valence-electron chi connectivity index (χ0n) is 15.0. The van der Waals surface area contributed by atoms with Crippen LogP contribution in [0.15, 0.2) is 0 Å². The molecule has 3 rings (SSSR count). The van der Waals surface area contributed by atoms with Crippen LogP contribution in [0.2, 0.25) is 0 Å². The Morgan fingerprint density at radius 2 is 1.75 bits per heavy atom. The van der Waals surface area contributed by atoms with Crippen LogP contribution in [0.3, 0.4) is 0 Å². The average Bonchev–Trinajstić information content (AvgIpc) is 2.93. The van der Waals surface area contributed by atoms with E-state index in [-0.39, 0.29) is 24.3 Å². The zero-order chi connectivity index (χ0) is 17.1. The fourth-order valence-corrected chi connectivity index (χ4v) is 4.34. The van der Waals surface area contributed by atoms with E-state index in [4.69, 9.17) is 4.74 Å². The Kier molecular flexibility index (Phi) is 5.97. The molecule has 0 aliphatic carbocycles. The van der Waals surface area contributed by atoms with Gasteiger partial charge in [0.2, 0.25) is 0 Å². The quantitative estimate of drug-likeness (QED) is 0.734. The molecule has 3 atom stereocenters. The Balaban J connectivity index is 1.38. The Labute approximate surface area is 144 Å². The molecule has 0 spiro atoms.